The smallest absolute Gasteiger partial charge is 0.338 e. The Balaban J connectivity index is 1.70. The summed E-state index contributed by atoms with van der Waals surface area (Å²) in [5.41, 5.74) is -0.701. The Labute approximate surface area is 170 Å². The Hall–Kier alpha value is -2.95. The van der Waals surface area contributed by atoms with Crippen molar-refractivity contribution in [3.05, 3.63) is 35.4 Å². The topological polar surface area (TPSA) is 130 Å². The molecule has 1 aromatic rings. The van der Waals surface area contributed by atoms with Gasteiger partial charge < -0.3 is 25.1 Å². The molecule has 3 aliphatic heterocycles. The van der Waals surface area contributed by atoms with E-state index in [1.165, 1.54) is 6.26 Å². The lowest BCUT2D eigenvalue weighted by Crippen LogP contribution is -2.50. The van der Waals surface area contributed by atoms with E-state index in [0.717, 1.165) is 10.7 Å². The number of carbonyl (C=O) groups is 4. The van der Waals surface area contributed by atoms with Crippen molar-refractivity contribution in [1.82, 2.24) is 20.9 Å². The number of thioether (sulfide) groups is 1. The van der Waals surface area contributed by atoms with Crippen LogP contribution < -0.4 is 16.0 Å². The normalized spacial score (nSPS) is 26.6. The summed E-state index contributed by atoms with van der Waals surface area (Å²) >= 11 is 1.59. The molecule has 0 saturated carbocycles. The molecule has 0 aromatic carbocycles. The number of nitrogens with one attached hydrogen (secondary N) is 3. The third-order valence-electron chi connectivity index (χ3n) is 5.06. The van der Waals surface area contributed by atoms with Gasteiger partial charge in [0.2, 0.25) is 0 Å². The van der Waals surface area contributed by atoms with Crippen LogP contribution in [0.4, 0.5) is 9.59 Å². The van der Waals surface area contributed by atoms with E-state index in [2.05, 4.69) is 16.0 Å². The van der Waals surface area contributed by atoms with E-state index in [1.807, 2.05) is 0 Å². The van der Waals surface area contributed by atoms with Gasteiger partial charge in [-0.05, 0) is 31.2 Å². The van der Waals surface area contributed by atoms with E-state index in [-0.39, 0.29) is 30.3 Å². The maximum absolute atomic E-state index is 13.0. The second-order valence-corrected chi connectivity index (χ2v) is 7.97. The van der Waals surface area contributed by atoms with Crippen LogP contribution >= 0.6 is 11.8 Å². The van der Waals surface area contributed by atoms with E-state index in [1.54, 1.807) is 30.8 Å². The number of rotatable bonds is 5. The van der Waals surface area contributed by atoms with Crippen molar-refractivity contribution >= 4 is 35.7 Å². The van der Waals surface area contributed by atoms with Gasteiger partial charge in [0, 0.05) is 5.75 Å². The van der Waals surface area contributed by atoms with E-state index in [4.69, 9.17) is 9.15 Å². The zero-order valence-corrected chi connectivity index (χ0v) is 16.5. The van der Waals surface area contributed by atoms with Gasteiger partial charge in [-0.3, -0.25) is 9.69 Å². The van der Waals surface area contributed by atoms with Crippen LogP contribution in [0.25, 0.3) is 0 Å². The summed E-state index contributed by atoms with van der Waals surface area (Å²) in [5, 5.41) is 7.95. The monoisotopic (exact) mass is 420 g/mol. The maximum atomic E-state index is 13.0. The van der Waals surface area contributed by atoms with Crippen LogP contribution in [0.15, 0.2) is 34.1 Å². The molecular weight excluding hydrogens is 400 g/mol. The van der Waals surface area contributed by atoms with Crippen molar-refractivity contribution in [2.75, 3.05) is 24.7 Å². The molecule has 4 rings (SSSR count). The number of carbonyl (C=O) groups excluding carboxylic acids is 4. The van der Waals surface area contributed by atoms with Crippen LogP contribution in [-0.4, -0.2) is 59.0 Å². The summed E-state index contributed by atoms with van der Waals surface area (Å²) in [6.07, 6.45) is 1.97. The minimum absolute atomic E-state index is 0.0868. The Morgan fingerprint density at radius 3 is 2.90 bits per heavy atom. The summed E-state index contributed by atoms with van der Waals surface area (Å²) in [5.74, 6) is 0.583. The highest BCUT2D eigenvalue weighted by Crippen LogP contribution is 2.34. The number of imide groups is 1. The molecule has 2 unspecified atom stereocenters. The van der Waals surface area contributed by atoms with Gasteiger partial charge in [-0.15, -0.1) is 0 Å². The molecule has 0 aliphatic carbocycles. The molecule has 10 nitrogen and oxygen atoms in total. The molecule has 3 N–H and O–H groups in total. The fourth-order valence-corrected chi connectivity index (χ4v) is 5.00. The molecule has 0 radical (unpaired) electrons. The fourth-order valence-electron chi connectivity index (χ4n) is 3.67. The van der Waals surface area contributed by atoms with E-state index in [9.17, 15) is 19.2 Å². The molecular formula is C18H20N4O6S. The minimum Gasteiger partial charge on any atom is -0.467 e. The van der Waals surface area contributed by atoms with Crippen LogP contribution in [0.5, 0.6) is 0 Å². The van der Waals surface area contributed by atoms with Gasteiger partial charge in [0.1, 0.15) is 17.3 Å². The molecule has 2 atom stereocenters. The van der Waals surface area contributed by atoms with Crippen molar-refractivity contribution in [3.8, 4) is 0 Å². The van der Waals surface area contributed by atoms with Crippen LogP contribution in [0.2, 0.25) is 0 Å². The van der Waals surface area contributed by atoms with Gasteiger partial charge in [-0.1, -0.05) is 0 Å². The van der Waals surface area contributed by atoms with Crippen LogP contribution in [0.1, 0.15) is 25.1 Å². The summed E-state index contributed by atoms with van der Waals surface area (Å²) in [4.78, 5) is 51.4. The molecule has 3 aliphatic rings. The van der Waals surface area contributed by atoms with E-state index in [0.29, 0.717) is 17.9 Å². The summed E-state index contributed by atoms with van der Waals surface area (Å²) in [6, 6.07) is 1.23. The highest BCUT2D eigenvalue weighted by Gasteiger charge is 2.53. The summed E-state index contributed by atoms with van der Waals surface area (Å²) in [6.45, 7) is 1.53. The molecule has 5 amide bonds. The van der Waals surface area contributed by atoms with Crippen molar-refractivity contribution in [1.29, 1.82) is 0 Å². The lowest BCUT2D eigenvalue weighted by Gasteiger charge is -2.29. The second kappa shape index (κ2) is 7.47. The number of urea groups is 2. The maximum Gasteiger partial charge on any atom is 0.338 e. The standard InChI is InChI=1S/C18H20N4O6S/c1-2-27-14(23)12-10(19-16(25)20-13(12)11-4-3-6-28-11)8-22-15(24)18(21-17(22)26)5-7-29-9-18/h3-4,6,13H,2,5,7-9H2,1H3,(H,21,26)(H2,19,20,25). The second-order valence-electron chi connectivity index (χ2n) is 6.87. The first kappa shape index (κ1) is 19.4. The lowest BCUT2D eigenvalue weighted by atomic mass is 9.98. The number of hydrogen-bond donors (Lipinski definition) is 3. The van der Waals surface area contributed by atoms with Crippen molar-refractivity contribution in [2.24, 2.45) is 0 Å². The van der Waals surface area contributed by atoms with Gasteiger partial charge >= 0.3 is 18.0 Å². The Morgan fingerprint density at radius 2 is 2.24 bits per heavy atom. The third-order valence-corrected chi connectivity index (χ3v) is 6.25. The number of esters is 1. The van der Waals surface area contributed by atoms with Crippen molar-refractivity contribution in [3.63, 3.8) is 0 Å². The Morgan fingerprint density at radius 1 is 1.41 bits per heavy atom. The predicted octanol–water partition coefficient (Wildman–Crippen LogP) is 0.878. The lowest BCUT2D eigenvalue weighted by molar-refractivity contribution is -0.139. The molecule has 4 heterocycles. The number of furan rings is 1. The van der Waals surface area contributed by atoms with Gasteiger partial charge in [-0.2, -0.15) is 11.8 Å². The molecule has 29 heavy (non-hydrogen) atoms. The predicted molar refractivity (Wildman–Crippen MR) is 102 cm³/mol. The first-order valence-electron chi connectivity index (χ1n) is 9.18. The van der Waals surface area contributed by atoms with Crippen LogP contribution in [0.3, 0.4) is 0 Å². The quantitative estimate of drug-likeness (QED) is 0.476. The number of ether oxygens (including phenoxy) is 1. The van der Waals surface area contributed by atoms with Gasteiger partial charge in [0.15, 0.2) is 0 Å². The molecule has 11 heteroatoms. The SMILES string of the molecule is CCOC(=O)C1=C(CN2C(=O)NC3(CCSC3)C2=O)NC(=O)NC1c1ccco1. The van der Waals surface area contributed by atoms with E-state index < -0.39 is 29.6 Å². The zero-order valence-electron chi connectivity index (χ0n) is 15.6. The summed E-state index contributed by atoms with van der Waals surface area (Å²) < 4.78 is 10.5. The van der Waals surface area contributed by atoms with Crippen molar-refractivity contribution in [2.45, 2.75) is 24.9 Å². The van der Waals surface area contributed by atoms with E-state index >= 15 is 0 Å². The van der Waals surface area contributed by atoms with Gasteiger partial charge in [0.05, 0.1) is 30.7 Å². The highest BCUT2D eigenvalue weighted by atomic mass is 32.2. The first-order valence-corrected chi connectivity index (χ1v) is 10.3. The van der Waals surface area contributed by atoms with Gasteiger partial charge in [-0.25, -0.2) is 14.4 Å². The average Bonchev–Trinajstić information content (AvgIpc) is 3.41. The van der Waals surface area contributed by atoms with Crippen LogP contribution in [-0.2, 0) is 14.3 Å². The largest absolute Gasteiger partial charge is 0.467 e. The molecule has 2 saturated heterocycles. The molecule has 2 fully saturated rings. The molecule has 0 bridgehead atoms. The Bertz CT molecular complexity index is 890. The number of amides is 5. The summed E-state index contributed by atoms with van der Waals surface area (Å²) in [7, 11) is 0. The highest BCUT2D eigenvalue weighted by molar-refractivity contribution is 7.99. The molecule has 154 valence electrons. The first-order chi connectivity index (χ1) is 13.9. The average molecular weight is 420 g/mol. The Kier molecular flexibility index (Phi) is 4.99. The zero-order chi connectivity index (χ0) is 20.6. The minimum atomic E-state index is -0.913. The molecule has 1 aromatic heterocycles. The van der Waals surface area contributed by atoms with Gasteiger partial charge in [0.25, 0.3) is 5.91 Å². The third kappa shape index (κ3) is 3.35. The number of hydrogen-bond acceptors (Lipinski definition) is 7. The fraction of sp³-hybridized carbons (Fsp3) is 0.444. The molecule has 1 spiro atoms. The van der Waals surface area contributed by atoms with Crippen LogP contribution in [0, 0.1) is 0 Å². The number of nitrogens with zero attached hydrogens (tertiary/aromatic N) is 1. The van der Waals surface area contributed by atoms with Crippen molar-refractivity contribution < 1.29 is 28.3 Å².